The molecule has 22 heavy (non-hydrogen) atoms. The van der Waals surface area contributed by atoms with E-state index in [2.05, 4.69) is 4.98 Å². The first-order chi connectivity index (χ1) is 10.6. The summed E-state index contributed by atoms with van der Waals surface area (Å²) in [5, 5.41) is 11.2. The lowest BCUT2D eigenvalue weighted by atomic mass is 9.92. The first-order valence-electron chi connectivity index (χ1n) is 6.81. The van der Waals surface area contributed by atoms with Gasteiger partial charge in [-0.25, -0.2) is 4.79 Å². The minimum Gasteiger partial charge on any atom is -0.478 e. The molecule has 0 spiro atoms. The Balaban J connectivity index is 2.46. The lowest BCUT2D eigenvalue weighted by Crippen LogP contribution is -2.05. The molecule has 4 heteroatoms. The quantitative estimate of drug-likeness (QED) is 0.745. The van der Waals surface area contributed by atoms with Crippen molar-refractivity contribution in [1.82, 2.24) is 4.98 Å². The maximum atomic E-state index is 12.0. The maximum Gasteiger partial charge on any atom is 0.337 e. The molecule has 0 saturated carbocycles. The van der Waals surface area contributed by atoms with Gasteiger partial charge in [-0.15, -0.1) is 0 Å². The van der Waals surface area contributed by atoms with Crippen LogP contribution in [0.25, 0.3) is 22.0 Å². The summed E-state index contributed by atoms with van der Waals surface area (Å²) < 4.78 is 0. The molecule has 2 aromatic carbocycles. The van der Waals surface area contributed by atoms with Gasteiger partial charge >= 0.3 is 5.97 Å². The molecule has 1 heterocycles. The van der Waals surface area contributed by atoms with Crippen LogP contribution in [0.15, 0.2) is 54.7 Å². The number of carboxylic acid groups (broad SMARTS) is 1. The van der Waals surface area contributed by atoms with Gasteiger partial charge in [-0.05, 0) is 29.8 Å². The second-order valence-corrected chi connectivity index (χ2v) is 4.97. The van der Waals surface area contributed by atoms with Crippen molar-refractivity contribution >= 4 is 22.5 Å². The molecular formula is C18H13NO3. The zero-order valence-corrected chi connectivity index (χ0v) is 11.9. The molecule has 4 nitrogen and oxygen atoms in total. The summed E-state index contributed by atoms with van der Waals surface area (Å²) in [6.07, 6.45) is 1.54. The van der Waals surface area contributed by atoms with Crippen LogP contribution in [0, 0.1) is 0 Å². The van der Waals surface area contributed by atoms with E-state index in [1.807, 2.05) is 30.3 Å². The van der Waals surface area contributed by atoms with Crippen LogP contribution in [-0.4, -0.2) is 21.8 Å². The standard InChI is InChI=1S/C18H13NO3/c1-11(20)13-9-8-12-5-2-3-6-14(12)16(13)17-15(18(21)22)7-4-10-19-17/h2-10H,1H3,(H,21,22). The number of Topliss-reactive ketones (excluding diaryl/α,β-unsaturated/α-hetero) is 1. The highest BCUT2D eigenvalue weighted by atomic mass is 16.4. The van der Waals surface area contributed by atoms with E-state index in [1.165, 1.54) is 19.2 Å². The molecule has 0 atom stereocenters. The van der Waals surface area contributed by atoms with E-state index in [0.29, 0.717) is 16.8 Å². The minimum atomic E-state index is -1.06. The number of hydrogen-bond donors (Lipinski definition) is 1. The van der Waals surface area contributed by atoms with Crippen LogP contribution in [0.1, 0.15) is 27.6 Å². The van der Waals surface area contributed by atoms with Gasteiger partial charge in [-0.3, -0.25) is 9.78 Å². The van der Waals surface area contributed by atoms with Gasteiger partial charge in [0.1, 0.15) is 0 Å². The van der Waals surface area contributed by atoms with Crippen molar-refractivity contribution in [3.05, 3.63) is 65.9 Å². The van der Waals surface area contributed by atoms with Crippen molar-refractivity contribution in [1.29, 1.82) is 0 Å². The van der Waals surface area contributed by atoms with Crippen molar-refractivity contribution in [3.8, 4) is 11.3 Å². The summed E-state index contributed by atoms with van der Waals surface area (Å²) in [5.74, 6) is -1.19. The fourth-order valence-electron chi connectivity index (χ4n) is 2.60. The molecule has 3 aromatic rings. The van der Waals surface area contributed by atoms with Gasteiger partial charge in [-0.1, -0.05) is 36.4 Å². The number of ketones is 1. The second-order valence-electron chi connectivity index (χ2n) is 4.97. The summed E-state index contributed by atoms with van der Waals surface area (Å²) in [6, 6.07) is 14.2. The van der Waals surface area contributed by atoms with Gasteiger partial charge in [-0.2, -0.15) is 0 Å². The van der Waals surface area contributed by atoms with Gasteiger partial charge < -0.3 is 5.11 Å². The SMILES string of the molecule is CC(=O)c1ccc2ccccc2c1-c1ncccc1C(=O)O. The second kappa shape index (κ2) is 5.41. The number of aromatic nitrogens is 1. The largest absolute Gasteiger partial charge is 0.478 e. The molecule has 0 amide bonds. The molecule has 0 aliphatic heterocycles. The molecule has 3 rings (SSSR count). The summed E-state index contributed by atoms with van der Waals surface area (Å²) >= 11 is 0. The number of carboxylic acids is 1. The van der Waals surface area contributed by atoms with Crippen LogP contribution in [0.2, 0.25) is 0 Å². The molecule has 0 aliphatic rings. The predicted molar refractivity (Wildman–Crippen MR) is 84.1 cm³/mol. The van der Waals surface area contributed by atoms with Crippen molar-refractivity contribution in [2.75, 3.05) is 0 Å². The topological polar surface area (TPSA) is 67.3 Å². The normalized spacial score (nSPS) is 10.6. The van der Waals surface area contributed by atoms with Crippen molar-refractivity contribution in [2.45, 2.75) is 6.92 Å². The Morgan fingerprint density at radius 1 is 0.955 bits per heavy atom. The third kappa shape index (κ3) is 2.24. The Bertz CT molecular complexity index is 900. The highest BCUT2D eigenvalue weighted by Crippen LogP contribution is 2.33. The molecule has 0 radical (unpaired) electrons. The molecule has 0 bridgehead atoms. The molecule has 0 fully saturated rings. The first kappa shape index (κ1) is 13.9. The van der Waals surface area contributed by atoms with Gasteiger partial charge in [0.15, 0.2) is 5.78 Å². The van der Waals surface area contributed by atoms with Gasteiger partial charge in [0.2, 0.25) is 0 Å². The molecule has 1 N–H and O–H groups in total. The smallest absolute Gasteiger partial charge is 0.337 e. The van der Waals surface area contributed by atoms with E-state index >= 15 is 0 Å². The number of fused-ring (bicyclic) bond motifs is 1. The van der Waals surface area contributed by atoms with Gasteiger partial charge in [0, 0.05) is 17.3 Å². The third-order valence-electron chi connectivity index (χ3n) is 3.58. The Labute approximate surface area is 127 Å². The molecular weight excluding hydrogens is 278 g/mol. The number of rotatable bonds is 3. The van der Waals surface area contributed by atoms with Crippen LogP contribution in [0.3, 0.4) is 0 Å². The number of nitrogens with zero attached hydrogens (tertiary/aromatic N) is 1. The van der Waals surface area contributed by atoms with E-state index in [-0.39, 0.29) is 11.3 Å². The third-order valence-corrected chi connectivity index (χ3v) is 3.58. The highest BCUT2D eigenvalue weighted by molar-refractivity contribution is 6.11. The van der Waals surface area contributed by atoms with Crippen LogP contribution in [0.4, 0.5) is 0 Å². The van der Waals surface area contributed by atoms with E-state index in [9.17, 15) is 14.7 Å². The monoisotopic (exact) mass is 291 g/mol. The van der Waals surface area contributed by atoms with E-state index < -0.39 is 5.97 Å². The zero-order valence-electron chi connectivity index (χ0n) is 11.9. The molecule has 0 saturated heterocycles. The van der Waals surface area contributed by atoms with Crippen LogP contribution in [0.5, 0.6) is 0 Å². The maximum absolute atomic E-state index is 12.0. The summed E-state index contributed by atoms with van der Waals surface area (Å²) in [6.45, 7) is 1.47. The Kier molecular flexibility index (Phi) is 3.43. The number of benzene rings is 2. The van der Waals surface area contributed by atoms with Gasteiger partial charge in [0.05, 0.1) is 11.3 Å². The predicted octanol–water partition coefficient (Wildman–Crippen LogP) is 3.80. The van der Waals surface area contributed by atoms with E-state index in [1.54, 1.807) is 12.1 Å². The molecule has 108 valence electrons. The van der Waals surface area contributed by atoms with Gasteiger partial charge in [0.25, 0.3) is 0 Å². The Morgan fingerprint density at radius 2 is 1.73 bits per heavy atom. The average molecular weight is 291 g/mol. The highest BCUT2D eigenvalue weighted by Gasteiger charge is 2.19. The van der Waals surface area contributed by atoms with Crippen molar-refractivity contribution < 1.29 is 14.7 Å². The summed E-state index contributed by atoms with van der Waals surface area (Å²) in [5.41, 5.74) is 1.45. The Hall–Kier alpha value is -3.01. The number of carbonyl (C=O) groups excluding carboxylic acids is 1. The number of pyridine rings is 1. The molecule has 1 aromatic heterocycles. The molecule has 0 unspecified atom stereocenters. The van der Waals surface area contributed by atoms with Crippen LogP contribution >= 0.6 is 0 Å². The van der Waals surface area contributed by atoms with Crippen LogP contribution in [-0.2, 0) is 0 Å². The zero-order chi connectivity index (χ0) is 15.7. The minimum absolute atomic E-state index is 0.0846. The number of hydrogen-bond acceptors (Lipinski definition) is 3. The summed E-state index contributed by atoms with van der Waals surface area (Å²) in [4.78, 5) is 27.7. The lowest BCUT2D eigenvalue weighted by Gasteiger charge is -2.12. The average Bonchev–Trinajstić information content (AvgIpc) is 2.53. The Morgan fingerprint density at radius 3 is 2.45 bits per heavy atom. The van der Waals surface area contributed by atoms with E-state index in [0.717, 1.165) is 10.8 Å². The summed E-state index contributed by atoms with van der Waals surface area (Å²) in [7, 11) is 0. The van der Waals surface area contributed by atoms with Crippen molar-refractivity contribution in [3.63, 3.8) is 0 Å². The van der Waals surface area contributed by atoms with E-state index in [4.69, 9.17) is 0 Å². The van der Waals surface area contributed by atoms with Crippen molar-refractivity contribution in [2.24, 2.45) is 0 Å². The fraction of sp³-hybridized carbons (Fsp3) is 0.0556. The van der Waals surface area contributed by atoms with Crippen LogP contribution < -0.4 is 0 Å². The number of carbonyl (C=O) groups is 2. The molecule has 0 aliphatic carbocycles. The fourth-order valence-corrected chi connectivity index (χ4v) is 2.60. The number of aromatic carboxylic acids is 1. The lowest BCUT2D eigenvalue weighted by molar-refractivity contribution is 0.0697. The first-order valence-corrected chi connectivity index (χ1v) is 6.81.